The number of aromatic amines is 1. The monoisotopic (exact) mass is 252 g/mol. The molecule has 0 saturated heterocycles. The van der Waals surface area contributed by atoms with Gasteiger partial charge in [-0.25, -0.2) is 0 Å². The van der Waals surface area contributed by atoms with Crippen LogP contribution in [0.15, 0.2) is 12.3 Å². The number of carboxylic acid groups (broad SMARTS) is 1. The van der Waals surface area contributed by atoms with Gasteiger partial charge < -0.3 is 15.0 Å². The van der Waals surface area contributed by atoms with Crippen LogP contribution in [0.25, 0.3) is 0 Å². The van der Waals surface area contributed by atoms with Crippen molar-refractivity contribution in [3.8, 4) is 0 Å². The molecule has 2 N–H and O–H groups in total. The number of nitrogens with one attached hydrogen (secondary N) is 1. The Balaban J connectivity index is 2.76. The molecular formula is C12H16N2O4. The van der Waals surface area contributed by atoms with E-state index in [9.17, 15) is 14.4 Å². The number of carboxylic acids is 1. The van der Waals surface area contributed by atoms with Gasteiger partial charge in [0.2, 0.25) is 0 Å². The standard InChI is InChI=1S/C12H16N2O4/c1-3-14(5-4-11(16)17)12(18)10-6-9(7-13-10)8(2)15/h6-7,13H,3-5H2,1-2H3,(H,16,17). The molecule has 0 bridgehead atoms. The summed E-state index contributed by atoms with van der Waals surface area (Å²) < 4.78 is 0. The molecule has 0 aliphatic heterocycles. The van der Waals surface area contributed by atoms with Gasteiger partial charge in [0.25, 0.3) is 5.91 Å². The van der Waals surface area contributed by atoms with Crippen LogP contribution in [-0.2, 0) is 4.79 Å². The maximum Gasteiger partial charge on any atom is 0.305 e. The zero-order valence-corrected chi connectivity index (χ0v) is 10.4. The van der Waals surface area contributed by atoms with Crippen LogP contribution in [0.4, 0.5) is 0 Å². The van der Waals surface area contributed by atoms with Crippen molar-refractivity contribution in [2.45, 2.75) is 20.3 Å². The third-order valence-corrected chi connectivity index (χ3v) is 2.58. The minimum atomic E-state index is -0.947. The highest BCUT2D eigenvalue weighted by atomic mass is 16.4. The van der Waals surface area contributed by atoms with Crippen molar-refractivity contribution < 1.29 is 19.5 Å². The topological polar surface area (TPSA) is 90.5 Å². The van der Waals surface area contributed by atoms with Gasteiger partial charge in [0.05, 0.1) is 6.42 Å². The number of carbonyl (C=O) groups is 3. The first kappa shape index (κ1) is 14.0. The number of amides is 1. The summed E-state index contributed by atoms with van der Waals surface area (Å²) in [6.07, 6.45) is 1.38. The van der Waals surface area contributed by atoms with E-state index in [1.54, 1.807) is 6.92 Å². The van der Waals surface area contributed by atoms with Gasteiger partial charge in [-0.2, -0.15) is 0 Å². The molecule has 6 heteroatoms. The second-order valence-corrected chi connectivity index (χ2v) is 3.89. The highest BCUT2D eigenvalue weighted by Gasteiger charge is 2.17. The highest BCUT2D eigenvalue weighted by Crippen LogP contribution is 2.08. The summed E-state index contributed by atoms with van der Waals surface area (Å²) in [6.45, 7) is 3.76. The first-order chi connectivity index (χ1) is 8.45. The number of aromatic nitrogens is 1. The Hall–Kier alpha value is -2.11. The van der Waals surface area contributed by atoms with E-state index < -0.39 is 5.97 Å². The van der Waals surface area contributed by atoms with E-state index in [0.29, 0.717) is 17.8 Å². The Bertz CT molecular complexity index is 464. The molecule has 0 aromatic carbocycles. The summed E-state index contributed by atoms with van der Waals surface area (Å²) in [6, 6.07) is 1.48. The fraction of sp³-hybridized carbons (Fsp3) is 0.417. The lowest BCUT2D eigenvalue weighted by Crippen LogP contribution is -2.33. The SMILES string of the molecule is CCN(CCC(=O)O)C(=O)c1cc(C(C)=O)c[nH]1. The lowest BCUT2D eigenvalue weighted by molar-refractivity contribution is -0.137. The molecule has 1 aromatic rings. The van der Waals surface area contributed by atoms with E-state index in [2.05, 4.69) is 4.98 Å². The van der Waals surface area contributed by atoms with Crippen molar-refractivity contribution in [1.29, 1.82) is 0 Å². The molecule has 1 rings (SSSR count). The largest absolute Gasteiger partial charge is 0.481 e. The summed E-state index contributed by atoms with van der Waals surface area (Å²) in [4.78, 5) is 37.8. The van der Waals surface area contributed by atoms with Crippen molar-refractivity contribution >= 4 is 17.7 Å². The zero-order valence-electron chi connectivity index (χ0n) is 10.4. The molecule has 98 valence electrons. The normalized spacial score (nSPS) is 10.1. The number of rotatable bonds is 6. The van der Waals surface area contributed by atoms with Gasteiger partial charge in [-0.1, -0.05) is 0 Å². The predicted molar refractivity (Wildman–Crippen MR) is 64.6 cm³/mol. The second kappa shape index (κ2) is 6.00. The number of carbonyl (C=O) groups excluding carboxylic acids is 2. The third kappa shape index (κ3) is 3.44. The van der Waals surface area contributed by atoms with E-state index in [1.807, 2.05) is 0 Å². The second-order valence-electron chi connectivity index (χ2n) is 3.89. The molecule has 0 atom stereocenters. The van der Waals surface area contributed by atoms with Crippen molar-refractivity contribution in [1.82, 2.24) is 9.88 Å². The van der Waals surface area contributed by atoms with Gasteiger partial charge in [-0.3, -0.25) is 14.4 Å². The van der Waals surface area contributed by atoms with Crippen LogP contribution < -0.4 is 0 Å². The smallest absolute Gasteiger partial charge is 0.305 e. The molecule has 1 amide bonds. The first-order valence-electron chi connectivity index (χ1n) is 5.66. The molecule has 18 heavy (non-hydrogen) atoms. The number of Topliss-reactive ketones (excluding diaryl/α,β-unsaturated/α-hetero) is 1. The summed E-state index contributed by atoms with van der Waals surface area (Å²) in [5.74, 6) is -1.37. The Morgan fingerprint density at radius 3 is 2.50 bits per heavy atom. The number of H-pyrrole nitrogens is 1. The van der Waals surface area contributed by atoms with Crippen molar-refractivity contribution in [3.05, 3.63) is 23.5 Å². The summed E-state index contributed by atoms with van der Waals surface area (Å²) in [5, 5.41) is 8.60. The van der Waals surface area contributed by atoms with E-state index in [-0.39, 0.29) is 24.7 Å². The van der Waals surface area contributed by atoms with Crippen LogP contribution >= 0.6 is 0 Å². The van der Waals surface area contributed by atoms with E-state index in [0.717, 1.165) is 0 Å². The highest BCUT2D eigenvalue weighted by molar-refractivity contribution is 5.99. The molecular weight excluding hydrogens is 236 g/mol. The number of ketones is 1. The third-order valence-electron chi connectivity index (χ3n) is 2.58. The van der Waals surface area contributed by atoms with Gasteiger partial charge in [0, 0.05) is 24.8 Å². The van der Waals surface area contributed by atoms with Crippen LogP contribution in [0.1, 0.15) is 41.1 Å². The molecule has 0 radical (unpaired) electrons. The van der Waals surface area contributed by atoms with Crippen LogP contribution in [0, 0.1) is 0 Å². The zero-order chi connectivity index (χ0) is 13.7. The number of hydrogen-bond acceptors (Lipinski definition) is 3. The lowest BCUT2D eigenvalue weighted by atomic mass is 10.2. The number of hydrogen-bond donors (Lipinski definition) is 2. The van der Waals surface area contributed by atoms with Crippen LogP contribution in [0.5, 0.6) is 0 Å². The van der Waals surface area contributed by atoms with Gasteiger partial charge >= 0.3 is 5.97 Å². The first-order valence-corrected chi connectivity index (χ1v) is 5.66. The number of nitrogens with zero attached hydrogens (tertiary/aromatic N) is 1. The van der Waals surface area contributed by atoms with Crippen molar-refractivity contribution in [2.24, 2.45) is 0 Å². The Morgan fingerprint density at radius 2 is 2.06 bits per heavy atom. The van der Waals surface area contributed by atoms with Gasteiger partial charge in [0.15, 0.2) is 5.78 Å². The minimum Gasteiger partial charge on any atom is -0.481 e. The molecule has 0 spiro atoms. The fourth-order valence-corrected chi connectivity index (χ4v) is 1.53. The minimum absolute atomic E-state index is 0.0974. The summed E-state index contributed by atoms with van der Waals surface area (Å²) in [5.41, 5.74) is 0.736. The Labute approximate surface area is 105 Å². The molecule has 0 saturated carbocycles. The van der Waals surface area contributed by atoms with Crippen molar-refractivity contribution in [2.75, 3.05) is 13.1 Å². The maximum absolute atomic E-state index is 12.0. The van der Waals surface area contributed by atoms with Crippen LogP contribution in [0.2, 0.25) is 0 Å². The molecule has 0 aliphatic rings. The predicted octanol–water partition coefficient (Wildman–Crippen LogP) is 1.15. The van der Waals surface area contributed by atoms with E-state index in [4.69, 9.17) is 5.11 Å². The quantitative estimate of drug-likeness (QED) is 0.743. The van der Waals surface area contributed by atoms with Crippen LogP contribution in [-0.4, -0.2) is 45.7 Å². The van der Waals surface area contributed by atoms with E-state index >= 15 is 0 Å². The molecule has 0 fully saturated rings. The Morgan fingerprint density at radius 1 is 1.39 bits per heavy atom. The molecule has 1 heterocycles. The average Bonchev–Trinajstić information content (AvgIpc) is 2.78. The average molecular weight is 252 g/mol. The maximum atomic E-state index is 12.0. The van der Waals surface area contributed by atoms with Crippen LogP contribution in [0.3, 0.4) is 0 Å². The molecule has 0 aliphatic carbocycles. The molecule has 0 unspecified atom stereocenters. The molecule has 6 nitrogen and oxygen atoms in total. The van der Waals surface area contributed by atoms with Crippen molar-refractivity contribution in [3.63, 3.8) is 0 Å². The Kier molecular flexibility index (Phi) is 4.65. The summed E-state index contributed by atoms with van der Waals surface area (Å²) in [7, 11) is 0. The summed E-state index contributed by atoms with van der Waals surface area (Å²) >= 11 is 0. The molecule has 1 aromatic heterocycles. The van der Waals surface area contributed by atoms with E-state index in [1.165, 1.54) is 24.1 Å². The van der Waals surface area contributed by atoms with Gasteiger partial charge in [-0.15, -0.1) is 0 Å². The lowest BCUT2D eigenvalue weighted by Gasteiger charge is -2.18. The van der Waals surface area contributed by atoms with Gasteiger partial charge in [0.1, 0.15) is 5.69 Å². The fourth-order valence-electron chi connectivity index (χ4n) is 1.53. The van der Waals surface area contributed by atoms with Gasteiger partial charge in [-0.05, 0) is 19.9 Å². The number of aliphatic carboxylic acids is 1.